The predicted molar refractivity (Wildman–Crippen MR) is 158 cm³/mol. The van der Waals surface area contributed by atoms with Crippen molar-refractivity contribution in [3.05, 3.63) is 22.0 Å². The van der Waals surface area contributed by atoms with Crippen molar-refractivity contribution in [3.8, 4) is 0 Å². The predicted octanol–water partition coefficient (Wildman–Crippen LogP) is 1.39. The molecule has 18 heteroatoms. The summed E-state index contributed by atoms with van der Waals surface area (Å²) >= 11 is 15.5. The molecule has 0 bridgehead atoms. The van der Waals surface area contributed by atoms with E-state index in [1.54, 1.807) is 19.2 Å². The normalized spacial score (nSPS) is 25.3. The fourth-order valence-electron chi connectivity index (χ4n) is 4.27. The van der Waals surface area contributed by atoms with Crippen molar-refractivity contribution in [2.24, 2.45) is 10.7 Å². The number of nitrogens with one attached hydrogen (secondary N) is 2. The van der Waals surface area contributed by atoms with Gasteiger partial charge in [0, 0.05) is 25.7 Å². The van der Waals surface area contributed by atoms with Crippen LogP contribution in [-0.4, -0.2) is 93.2 Å². The average molecular weight is 637 g/mol. The standard InChI is InChI=1S/C22H33N6O8PS3/c1-10(19(38)28-22(24)31)3-4-12-6-14(15(8-29)35-12)36-37(32,40)34-9-16(33-2)13(30)5-11-7-25-18-17(11)26-21(23)27-20(18)39/h3,7,11-16,29-30H,4-6,8-9H2,1-2H3,(H,32,40)(H3,23,26,27,39)(H3,24,28,31,38)/b10-3-/t11?,12-,13+,14+,15?,16?,37?/m0/s1. The fourth-order valence-corrected chi connectivity index (χ4v) is 6.19. The van der Waals surface area contributed by atoms with E-state index in [2.05, 4.69) is 20.3 Å². The van der Waals surface area contributed by atoms with Gasteiger partial charge in [0.15, 0.2) is 10.6 Å². The number of nitrogens with zero attached hydrogens (tertiary/aromatic N) is 2. The Bertz CT molecular complexity index is 1260. The number of carbonyl (C=O) groups is 1. The average Bonchev–Trinajstić information content (AvgIpc) is 3.45. The van der Waals surface area contributed by atoms with Gasteiger partial charge in [-0.1, -0.05) is 30.5 Å². The number of carbonyl (C=O) groups excluding carboxylic acids is 1. The number of urea groups is 1. The molecular weight excluding hydrogens is 603 g/mol. The van der Waals surface area contributed by atoms with Crippen LogP contribution >= 0.6 is 31.2 Å². The van der Waals surface area contributed by atoms with Crippen molar-refractivity contribution in [2.75, 3.05) is 26.1 Å². The molecule has 2 aliphatic heterocycles. The van der Waals surface area contributed by atoms with E-state index in [0.29, 0.717) is 29.8 Å². The van der Waals surface area contributed by atoms with E-state index < -0.39 is 37.2 Å². The van der Waals surface area contributed by atoms with E-state index >= 15 is 0 Å². The Kier molecular flexibility index (Phi) is 11.8. The van der Waals surface area contributed by atoms with Crippen molar-refractivity contribution in [3.63, 3.8) is 0 Å². The number of amides is 2. The van der Waals surface area contributed by atoms with E-state index in [-0.39, 0.29) is 47.2 Å². The van der Waals surface area contributed by atoms with Crippen LogP contribution in [0.4, 0.5) is 16.4 Å². The monoisotopic (exact) mass is 636 g/mol. The van der Waals surface area contributed by atoms with Crippen LogP contribution in [-0.2, 0) is 30.3 Å². The third kappa shape index (κ3) is 8.87. The molecule has 7 atom stereocenters. The zero-order valence-electron chi connectivity index (χ0n) is 21.8. The molecule has 3 heterocycles. The molecule has 0 saturated carbocycles. The van der Waals surface area contributed by atoms with Crippen LogP contribution in [0.1, 0.15) is 37.8 Å². The number of rotatable bonds is 13. The van der Waals surface area contributed by atoms with Crippen molar-refractivity contribution in [1.29, 1.82) is 0 Å². The lowest BCUT2D eigenvalue weighted by molar-refractivity contribution is -0.0468. The van der Waals surface area contributed by atoms with E-state index in [9.17, 15) is 19.9 Å². The number of thiocarbonyl (C=S) groups is 1. The van der Waals surface area contributed by atoms with Gasteiger partial charge in [-0.25, -0.2) is 9.78 Å². The number of nitrogens with two attached hydrogens (primary N) is 2. The molecule has 1 fully saturated rings. The lowest BCUT2D eigenvalue weighted by Crippen LogP contribution is -2.34. The SMILES string of the molecule is COC(COP(O)(=S)O[C@@H]1C[C@H](C/C=C(/C)C(=S)NC(N)=O)OC1CO)[C@H](O)CC1C=Nc2c1[nH]c(N)nc2=S. The van der Waals surface area contributed by atoms with Crippen LogP contribution in [0.25, 0.3) is 0 Å². The maximum atomic E-state index is 11.0. The quantitative estimate of drug-likeness (QED) is 0.0926. The molecule has 222 valence electrons. The van der Waals surface area contributed by atoms with E-state index in [1.807, 2.05) is 0 Å². The molecule has 14 nitrogen and oxygen atoms in total. The van der Waals surface area contributed by atoms with Gasteiger partial charge in [-0.3, -0.25) is 10.3 Å². The molecule has 9 N–H and O–H groups in total. The van der Waals surface area contributed by atoms with Gasteiger partial charge in [0.1, 0.15) is 22.9 Å². The summed E-state index contributed by atoms with van der Waals surface area (Å²) in [6.07, 6.45) is 0.555. The highest BCUT2D eigenvalue weighted by molar-refractivity contribution is 8.07. The molecule has 1 aromatic heterocycles. The Hall–Kier alpha value is -1.76. The lowest BCUT2D eigenvalue weighted by Gasteiger charge is -2.27. The Balaban J connectivity index is 1.54. The first-order valence-electron chi connectivity index (χ1n) is 12.2. The van der Waals surface area contributed by atoms with Crippen LogP contribution in [0, 0.1) is 4.64 Å². The van der Waals surface area contributed by atoms with Crippen LogP contribution in [0.3, 0.4) is 0 Å². The number of nitrogen functional groups attached to an aromatic ring is 1. The van der Waals surface area contributed by atoms with Gasteiger partial charge < -0.3 is 50.1 Å². The Labute approximate surface area is 246 Å². The summed E-state index contributed by atoms with van der Waals surface area (Å²) in [5.41, 5.74) is 12.6. The molecular formula is C22H33N6O8PS3. The first-order valence-corrected chi connectivity index (χ1v) is 15.6. The number of hydrogen-bond donors (Lipinski definition) is 7. The molecule has 2 aliphatic rings. The summed E-state index contributed by atoms with van der Waals surface area (Å²) in [6.45, 7) is -2.73. The molecule has 0 spiro atoms. The number of aliphatic hydroxyl groups excluding tert-OH is 2. The Morgan fingerprint density at radius 1 is 1.48 bits per heavy atom. The molecule has 3 rings (SSSR count). The Morgan fingerprint density at radius 3 is 2.85 bits per heavy atom. The number of H-pyrrole nitrogens is 1. The zero-order valence-corrected chi connectivity index (χ0v) is 25.1. The molecule has 1 saturated heterocycles. The second kappa shape index (κ2) is 14.4. The van der Waals surface area contributed by atoms with Crippen LogP contribution < -0.4 is 16.8 Å². The van der Waals surface area contributed by atoms with Gasteiger partial charge in [0.05, 0.1) is 37.2 Å². The van der Waals surface area contributed by atoms with Crippen molar-refractivity contribution >= 4 is 71.8 Å². The molecule has 1 aromatic rings. The van der Waals surface area contributed by atoms with Crippen LogP contribution in [0.15, 0.2) is 16.6 Å². The zero-order chi connectivity index (χ0) is 29.6. The highest BCUT2D eigenvalue weighted by atomic mass is 32.5. The number of aliphatic hydroxyl groups is 2. The number of hydrogen-bond acceptors (Lipinski definition) is 13. The summed E-state index contributed by atoms with van der Waals surface area (Å²) in [5.74, 6) is -0.174. The fraction of sp³-hybridized carbons (Fsp3) is 0.591. The number of methoxy groups -OCH3 is 1. The number of aromatic amines is 1. The molecule has 0 aromatic carbocycles. The number of fused-ring (bicyclic) bond motifs is 1. The van der Waals surface area contributed by atoms with Gasteiger partial charge in [-0.2, -0.15) is 0 Å². The molecule has 0 aliphatic carbocycles. The minimum absolute atomic E-state index is 0.146. The third-order valence-corrected chi connectivity index (χ3v) is 8.63. The van der Waals surface area contributed by atoms with E-state index in [4.69, 9.17) is 66.2 Å². The number of ether oxygens (including phenoxy) is 2. The van der Waals surface area contributed by atoms with Crippen LogP contribution in [0.2, 0.25) is 0 Å². The number of anilines is 1. The van der Waals surface area contributed by atoms with Gasteiger partial charge >= 0.3 is 12.7 Å². The maximum absolute atomic E-state index is 11.0. The molecule has 2 amide bonds. The van der Waals surface area contributed by atoms with Gasteiger partial charge in [-0.05, 0) is 37.1 Å². The maximum Gasteiger partial charge on any atom is 0.324 e. The largest absolute Gasteiger partial charge is 0.394 e. The summed E-state index contributed by atoms with van der Waals surface area (Å²) in [7, 11) is 1.39. The topological polar surface area (TPSA) is 220 Å². The summed E-state index contributed by atoms with van der Waals surface area (Å²) < 4.78 is 22.6. The second-order valence-electron chi connectivity index (χ2n) is 9.22. The summed E-state index contributed by atoms with van der Waals surface area (Å²) in [5, 5.41) is 22.9. The number of aliphatic imine (C=N–C) groups is 1. The third-order valence-electron chi connectivity index (χ3n) is 6.33. The lowest BCUT2D eigenvalue weighted by atomic mass is 9.97. The second-order valence-corrected chi connectivity index (χ2v) is 12.8. The minimum Gasteiger partial charge on any atom is -0.394 e. The highest BCUT2D eigenvalue weighted by Crippen LogP contribution is 2.48. The van der Waals surface area contributed by atoms with Gasteiger partial charge in [0.25, 0.3) is 0 Å². The first kappa shape index (κ1) is 32.8. The Morgan fingerprint density at radius 2 is 2.20 bits per heavy atom. The minimum atomic E-state index is -3.81. The molecule has 0 radical (unpaired) electrons. The molecule has 40 heavy (non-hydrogen) atoms. The highest BCUT2D eigenvalue weighted by Gasteiger charge is 2.39. The molecule has 4 unspecified atom stereocenters. The van der Waals surface area contributed by atoms with E-state index in [1.165, 1.54) is 7.11 Å². The van der Waals surface area contributed by atoms with Gasteiger partial charge in [-0.15, -0.1) is 0 Å². The smallest absolute Gasteiger partial charge is 0.324 e. The van der Waals surface area contributed by atoms with Crippen molar-refractivity contribution < 1.29 is 38.4 Å². The number of aromatic nitrogens is 2. The first-order chi connectivity index (χ1) is 18.8. The number of primary amides is 1. The van der Waals surface area contributed by atoms with Crippen LogP contribution in [0.5, 0.6) is 0 Å². The summed E-state index contributed by atoms with van der Waals surface area (Å²) in [4.78, 5) is 33.1. The van der Waals surface area contributed by atoms with Crippen molar-refractivity contribution in [2.45, 2.75) is 62.6 Å². The van der Waals surface area contributed by atoms with E-state index in [0.717, 1.165) is 0 Å². The summed E-state index contributed by atoms with van der Waals surface area (Å²) in [6, 6.07) is -0.759. The van der Waals surface area contributed by atoms with Crippen molar-refractivity contribution in [1.82, 2.24) is 15.3 Å². The van der Waals surface area contributed by atoms with Gasteiger partial charge in [0.2, 0.25) is 0 Å².